The van der Waals surface area contributed by atoms with Crippen LogP contribution in [-0.2, 0) is 21.4 Å². The van der Waals surface area contributed by atoms with Gasteiger partial charge in [0.25, 0.3) is 0 Å². The molecule has 8 heteroatoms. The van der Waals surface area contributed by atoms with E-state index in [1.165, 1.54) is 4.31 Å². The number of hydrogen-bond acceptors (Lipinski definition) is 4. The number of carbonyl (C=O) groups is 1. The Hall–Kier alpha value is -1.15. The number of nitrogens with zero attached hydrogens (tertiary/aromatic N) is 1. The van der Waals surface area contributed by atoms with Gasteiger partial charge in [-0.25, -0.2) is 8.42 Å². The van der Waals surface area contributed by atoms with Crippen LogP contribution < -0.4 is 10.6 Å². The standard InChI is InChI=1S/C16H23N3O3S.ClH/c20-16(15-4-3-9-17-15)18-12-13-5-7-14(8-6-13)23(21,22)19-10-1-2-11-19;/h5-8,15,17H,1-4,9-12H2,(H,18,20);1H. The van der Waals surface area contributed by atoms with E-state index in [2.05, 4.69) is 10.6 Å². The highest BCUT2D eigenvalue weighted by atomic mass is 35.5. The minimum Gasteiger partial charge on any atom is -0.351 e. The Kier molecular flexibility index (Phi) is 6.62. The number of amides is 1. The maximum atomic E-state index is 12.4. The Balaban J connectivity index is 0.00000208. The average molecular weight is 374 g/mol. The number of nitrogens with one attached hydrogen (secondary N) is 2. The van der Waals surface area contributed by atoms with Crippen molar-refractivity contribution in [1.82, 2.24) is 14.9 Å². The zero-order valence-corrected chi connectivity index (χ0v) is 15.2. The normalized spacial score (nSPS) is 21.4. The molecule has 0 saturated carbocycles. The summed E-state index contributed by atoms with van der Waals surface area (Å²) in [7, 11) is -3.36. The number of rotatable bonds is 5. The number of benzene rings is 1. The van der Waals surface area contributed by atoms with E-state index in [4.69, 9.17) is 0 Å². The van der Waals surface area contributed by atoms with Crippen LogP contribution in [0.5, 0.6) is 0 Å². The van der Waals surface area contributed by atoms with Crippen molar-refractivity contribution >= 4 is 28.3 Å². The van der Waals surface area contributed by atoms with E-state index in [1.807, 2.05) is 0 Å². The molecule has 2 N–H and O–H groups in total. The molecule has 2 fully saturated rings. The molecule has 0 spiro atoms. The van der Waals surface area contributed by atoms with Crippen LogP contribution in [0.25, 0.3) is 0 Å². The Labute approximate surface area is 149 Å². The van der Waals surface area contributed by atoms with Crippen LogP contribution in [0.4, 0.5) is 0 Å². The fourth-order valence-electron chi connectivity index (χ4n) is 3.08. The van der Waals surface area contributed by atoms with E-state index in [-0.39, 0.29) is 24.4 Å². The zero-order valence-electron chi connectivity index (χ0n) is 13.5. The van der Waals surface area contributed by atoms with Gasteiger partial charge in [-0.2, -0.15) is 4.31 Å². The molecular weight excluding hydrogens is 350 g/mol. The highest BCUT2D eigenvalue weighted by Crippen LogP contribution is 2.21. The van der Waals surface area contributed by atoms with E-state index in [0.29, 0.717) is 24.5 Å². The van der Waals surface area contributed by atoms with Crippen LogP contribution >= 0.6 is 12.4 Å². The summed E-state index contributed by atoms with van der Waals surface area (Å²) in [6.07, 6.45) is 3.76. The molecule has 0 radical (unpaired) electrons. The molecule has 0 bridgehead atoms. The fourth-order valence-corrected chi connectivity index (χ4v) is 4.59. The predicted octanol–water partition coefficient (Wildman–Crippen LogP) is 1.26. The minimum absolute atomic E-state index is 0. The van der Waals surface area contributed by atoms with Crippen LogP contribution in [0.2, 0.25) is 0 Å². The predicted molar refractivity (Wildman–Crippen MR) is 94.6 cm³/mol. The van der Waals surface area contributed by atoms with Gasteiger partial charge in [0.05, 0.1) is 10.9 Å². The van der Waals surface area contributed by atoms with Crippen LogP contribution in [-0.4, -0.2) is 44.3 Å². The van der Waals surface area contributed by atoms with Gasteiger partial charge in [-0.1, -0.05) is 12.1 Å². The number of sulfonamides is 1. The van der Waals surface area contributed by atoms with Crippen molar-refractivity contribution in [2.45, 2.75) is 43.2 Å². The van der Waals surface area contributed by atoms with E-state index in [1.54, 1.807) is 24.3 Å². The Morgan fingerprint density at radius 2 is 1.83 bits per heavy atom. The summed E-state index contributed by atoms with van der Waals surface area (Å²) < 4.78 is 26.4. The molecule has 134 valence electrons. The molecule has 2 aliphatic heterocycles. The lowest BCUT2D eigenvalue weighted by atomic mass is 10.2. The van der Waals surface area contributed by atoms with E-state index >= 15 is 0 Å². The summed E-state index contributed by atoms with van der Waals surface area (Å²) in [6, 6.07) is 6.70. The van der Waals surface area contributed by atoms with Crippen LogP contribution in [0, 0.1) is 0 Å². The Morgan fingerprint density at radius 3 is 2.42 bits per heavy atom. The van der Waals surface area contributed by atoms with Gasteiger partial charge >= 0.3 is 0 Å². The van der Waals surface area contributed by atoms with Crippen molar-refractivity contribution in [1.29, 1.82) is 0 Å². The quantitative estimate of drug-likeness (QED) is 0.814. The maximum Gasteiger partial charge on any atom is 0.243 e. The summed E-state index contributed by atoms with van der Waals surface area (Å²) in [5, 5.41) is 6.05. The summed E-state index contributed by atoms with van der Waals surface area (Å²) in [4.78, 5) is 12.3. The molecule has 0 aliphatic carbocycles. The van der Waals surface area contributed by atoms with Gasteiger partial charge in [-0.15, -0.1) is 12.4 Å². The monoisotopic (exact) mass is 373 g/mol. The first kappa shape index (κ1) is 19.2. The number of hydrogen-bond donors (Lipinski definition) is 2. The van der Waals surface area contributed by atoms with Crippen LogP contribution in [0.15, 0.2) is 29.2 Å². The molecule has 6 nitrogen and oxygen atoms in total. The van der Waals surface area contributed by atoms with E-state index in [9.17, 15) is 13.2 Å². The first-order chi connectivity index (χ1) is 11.1. The minimum atomic E-state index is -3.36. The second-order valence-electron chi connectivity index (χ2n) is 6.12. The van der Waals surface area contributed by atoms with Crippen LogP contribution in [0.3, 0.4) is 0 Å². The molecule has 3 rings (SSSR count). The third-order valence-electron chi connectivity index (χ3n) is 4.47. The molecular formula is C16H24ClN3O3S. The molecule has 2 saturated heterocycles. The highest BCUT2D eigenvalue weighted by molar-refractivity contribution is 7.89. The van der Waals surface area contributed by atoms with Crippen molar-refractivity contribution in [3.05, 3.63) is 29.8 Å². The SMILES string of the molecule is Cl.O=C(NCc1ccc(S(=O)(=O)N2CCCC2)cc1)C1CCCN1. The molecule has 0 aromatic heterocycles. The molecule has 24 heavy (non-hydrogen) atoms. The molecule has 1 aromatic carbocycles. The Morgan fingerprint density at radius 1 is 1.17 bits per heavy atom. The first-order valence-corrected chi connectivity index (χ1v) is 9.61. The number of halogens is 1. The summed E-state index contributed by atoms with van der Waals surface area (Å²) >= 11 is 0. The topological polar surface area (TPSA) is 78.5 Å². The second kappa shape index (κ2) is 8.29. The van der Waals surface area contributed by atoms with Crippen molar-refractivity contribution < 1.29 is 13.2 Å². The van der Waals surface area contributed by atoms with Gasteiger partial charge in [0.1, 0.15) is 0 Å². The first-order valence-electron chi connectivity index (χ1n) is 8.17. The van der Waals surface area contributed by atoms with Gasteiger partial charge in [0, 0.05) is 19.6 Å². The molecule has 1 atom stereocenters. The highest BCUT2D eigenvalue weighted by Gasteiger charge is 2.27. The van der Waals surface area contributed by atoms with E-state index in [0.717, 1.165) is 37.8 Å². The third-order valence-corrected chi connectivity index (χ3v) is 6.38. The van der Waals surface area contributed by atoms with Crippen molar-refractivity contribution in [2.75, 3.05) is 19.6 Å². The summed E-state index contributed by atoms with van der Waals surface area (Å²) in [5.74, 6) is 0.0104. The Bertz CT molecular complexity index is 652. The molecule has 2 aliphatic rings. The van der Waals surface area contributed by atoms with Gasteiger partial charge < -0.3 is 10.6 Å². The fraction of sp³-hybridized carbons (Fsp3) is 0.562. The lowest BCUT2D eigenvalue weighted by Crippen LogP contribution is -2.40. The molecule has 1 amide bonds. The third kappa shape index (κ3) is 4.27. The van der Waals surface area contributed by atoms with Gasteiger partial charge in [0.15, 0.2) is 0 Å². The summed E-state index contributed by atoms with van der Waals surface area (Å²) in [6.45, 7) is 2.52. The van der Waals surface area contributed by atoms with Crippen molar-refractivity contribution in [2.24, 2.45) is 0 Å². The molecule has 2 heterocycles. The maximum absolute atomic E-state index is 12.4. The smallest absolute Gasteiger partial charge is 0.243 e. The lowest BCUT2D eigenvalue weighted by Gasteiger charge is -2.16. The second-order valence-corrected chi connectivity index (χ2v) is 8.06. The molecule has 1 aromatic rings. The lowest BCUT2D eigenvalue weighted by molar-refractivity contribution is -0.122. The van der Waals surface area contributed by atoms with E-state index < -0.39 is 10.0 Å². The average Bonchev–Trinajstić information content (AvgIpc) is 3.25. The van der Waals surface area contributed by atoms with Crippen LogP contribution in [0.1, 0.15) is 31.2 Å². The van der Waals surface area contributed by atoms with Gasteiger partial charge in [0.2, 0.25) is 15.9 Å². The van der Waals surface area contributed by atoms with Crippen molar-refractivity contribution in [3.8, 4) is 0 Å². The number of carbonyl (C=O) groups excluding carboxylic acids is 1. The largest absolute Gasteiger partial charge is 0.351 e. The van der Waals surface area contributed by atoms with Gasteiger partial charge in [-0.3, -0.25) is 4.79 Å². The summed E-state index contributed by atoms with van der Waals surface area (Å²) in [5.41, 5.74) is 0.900. The zero-order chi connectivity index (χ0) is 16.3. The van der Waals surface area contributed by atoms with Gasteiger partial charge in [-0.05, 0) is 49.9 Å². The molecule has 1 unspecified atom stereocenters. The van der Waals surface area contributed by atoms with Crippen molar-refractivity contribution in [3.63, 3.8) is 0 Å².